The van der Waals surface area contributed by atoms with E-state index in [2.05, 4.69) is 10.8 Å². The lowest BCUT2D eigenvalue weighted by molar-refractivity contribution is -0.273. The van der Waals surface area contributed by atoms with E-state index < -0.39 is 18.5 Å². The molecular formula is C17H32O6. The summed E-state index contributed by atoms with van der Waals surface area (Å²) in [6.45, 7) is 9.79. The highest BCUT2D eigenvalue weighted by Crippen LogP contribution is 2.22. The number of allylic oxidation sites excluding steroid dienone is 2. The summed E-state index contributed by atoms with van der Waals surface area (Å²) in [6.07, 6.45) is 4.08. The molecule has 1 heterocycles. The molecule has 6 heteroatoms. The molecule has 23 heavy (non-hydrogen) atoms. The highest BCUT2D eigenvalue weighted by atomic mass is 16.7. The van der Waals surface area contributed by atoms with Gasteiger partial charge in [-0.25, -0.2) is 0 Å². The normalized spacial score (nSPS) is 29.0. The van der Waals surface area contributed by atoms with Gasteiger partial charge in [0.15, 0.2) is 6.29 Å². The maximum atomic E-state index is 9.75. The van der Waals surface area contributed by atoms with Gasteiger partial charge in [0.05, 0.1) is 24.4 Å². The van der Waals surface area contributed by atoms with E-state index in [4.69, 9.17) is 9.47 Å². The van der Waals surface area contributed by atoms with Crippen LogP contribution in [0.1, 0.15) is 53.9 Å². The van der Waals surface area contributed by atoms with Crippen LogP contribution >= 0.6 is 0 Å². The largest absolute Gasteiger partial charge is 0.465 e. The van der Waals surface area contributed by atoms with Crippen LogP contribution in [0.5, 0.6) is 0 Å². The molecule has 1 aliphatic heterocycles. The Hall–Kier alpha value is -0.950. The van der Waals surface area contributed by atoms with Gasteiger partial charge in [0.25, 0.3) is 6.47 Å². The Morgan fingerprint density at radius 3 is 2.39 bits per heavy atom. The zero-order valence-corrected chi connectivity index (χ0v) is 14.8. The van der Waals surface area contributed by atoms with Crippen LogP contribution < -0.4 is 0 Å². The van der Waals surface area contributed by atoms with Crippen molar-refractivity contribution in [1.29, 1.82) is 0 Å². The predicted octanol–water partition coefficient (Wildman–Crippen LogP) is 2.17. The van der Waals surface area contributed by atoms with E-state index in [1.54, 1.807) is 20.8 Å². The molecule has 0 amide bonds. The maximum absolute atomic E-state index is 9.75. The maximum Gasteiger partial charge on any atom is 0.293 e. The second kappa shape index (κ2) is 12.5. The number of carbonyl (C=O) groups is 1. The van der Waals surface area contributed by atoms with Crippen molar-refractivity contribution in [3.05, 3.63) is 12.2 Å². The lowest BCUT2D eigenvalue weighted by Crippen LogP contribution is -2.48. The fraction of sp³-hybridized carbons (Fsp3) is 0.824. The average molecular weight is 332 g/mol. The standard InChI is InChI=1S/C13H24O4.C4H8O2/c1-4-5-6-7-9(2)16-13-12(15)8-11(14)10(3)17-13;1-4(2)6-3-5/h4-5,9-15H,6-8H2,1-3H3;3-4H,1-2H3/b5-4+;/t9-,10+,11?,12-,13?;/m1./s1. The number of aliphatic hydroxyl groups is 2. The SMILES string of the molecule is C/C=C/CC[C@@H](C)OC1O[C@@H](C)C(O)C[C@H]1O.CC(C)OC=O. The van der Waals surface area contributed by atoms with Crippen LogP contribution in [0.4, 0.5) is 0 Å². The summed E-state index contributed by atoms with van der Waals surface area (Å²) in [7, 11) is 0. The van der Waals surface area contributed by atoms with Crippen molar-refractivity contribution >= 4 is 6.47 Å². The van der Waals surface area contributed by atoms with Crippen LogP contribution in [0.15, 0.2) is 12.2 Å². The van der Waals surface area contributed by atoms with Crippen LogP contribution in [0.25, 0.3) is 0 Å². The molecule has 0 saturated carbocycles. The van der Waals surface area contributed by atoms with E-state index in [1.807, 2.05) is 19.9 Å². The summed E-state index contributed by atoms with van der Waals surface area (Å²) < 4.78 is 15.5. The number of ether oxygens (including phenoxy) is 3. The lowest BCUT2D eigenvalue weighted by atomic mass is 10.0. The Morgan fingerprint density at radius 1 is 1.26 bits per heavy atom. The van der Waals surface area contributed by atoms with Crippen LogP contribution in [0.2, 0.25) is 0 Å². The molecule has 136 valence electrons. The first-order valence-corrected chi connectivity index (χ1v) is 8.19. The highest BCUT2D eigenvalue weighted by molar-refractivity contribution is 5.37. The van der Waals surface area contributed by atoms with E-state index in [-0.39, 0.29) is 18.3 Å². The van der Waals surface area contributed by atoms with E-state index >= 15 is 0 Å². The number of rotatable bonds is 7. The summed E-state index contributed by atoms with van der Waals surface area (Å²) >= 11 is 0. The Kier molecular flexibility index (Phi) is 12.0. The summed E-state index contributed by atoms with van der Waals surface area (Å²) in [4.78, 5) is 9.39. The fourth-order valence-corrected chi connectivity index (χ4v) is 1.97. The van der Waals surface area contributed by atoms with E-state index in [0.29, 0.717) is 12.9 Å². The molecule has 0 aromatic carbocycles. The molecule has 5 atom stereocenters. The molecule has 1 aliphatic rings. The summed E-state index contributed by atoms with van der Waals surface area (Å²) in [6, 6.07) is 0. The van der Waals surface area contributed by atoms with Crippen molar-refractivity contribution in [2.75, 3.05) is 0 Å². The first-order chi connectivity index (χ1) is 10.8. The van der Waals surface area contributed by atoms with Crippen LogP contribution in [0.3, 0.4) is 0 Å². The second-order valence-corrected chi connectivity index (χ2v) is 5.95. The predicted molar refractivity (Wildman–Crippen MR) is 87.8 cm³/mol. The van der Waals surface area contributed by atoms with Gasteiger partial charge in [-0.1, -0.05) is 12.2 Å². The zero-order valence-electron chi connectivity index (χ0n) is 14.8. The Labute approximate surface area is 139 Å². The molecule has 0 aliphatic carbocycles. The van der Waals surface area contributed by atoms with Crippen molar-refractivity contribution in [2.45, 2.75) is 90.7 Å². The summed E-state index contributed by atoms with van der Waals surface area (Å²) in [5, 5.41) is 19.3. The van der Waals surface area contributed by atoms with Gasteiger partial charge in [-0.15, -0.1) is 0 Å². The van der Waals surface area contributed by atoms with Gasteiger partial charge in [0, 0.05) is 6.42 Å². The lowest BCUT2D eigenvalue weighted by Gasteiger charge is -2.36. The number of aliphatic hydroxyl groups excluding tert-OH is 2. The van der Waals surface area contributed by atoms with E-state index in [0.717, 1.165) is 12.8 Å². The van der Waals surface area contributed by atoms with Crippen molar-refractivity contribution < 1.29 is 29.2 Å². The van der Waals surface area contributed by atoms with Crippen LogP contribution in [-0.4, -0.2) is 53.5 Å². The summed E-state index contributed by atoms with van der Waals surface area (Å²) in [5.74, 6) is 0. The third-order valence-corrected chi connectivity index (χ3v) is 3.36. The topological polar surface area (TPSA) is 85.2 Å². The number of hydrogen-bond donors (Lipinski definition) is 2. The number of hydrogen-bond acceptors (Lipinski definition) is 6. The van der Waals surface area contributed by atoms with Crippen molar-refractivity contribution in [1.82, 2.24) is 0 Å². The molecule has 0 radical (unpaired) electrons. The Morgan fingerprint density at radius 2 is 1.91 bits per heavy atom. The average Bonchev–Trinajstić information content (AvgIpc) is 2.45. The van der Waals surface area contributed by atoms with Gasteiger partial charge in [-0.2, -0.15) is 0 Å². The van der Waals surface area contributed by atoms with E-state index in [9.17, 15) is 15.0 Å². The smallest absolute Gasteiger partial charge is 0.293 e. The minimum Gasteiger partial charge on any atom is -0.465 e. The molecule has 2 N–H and O–H groups in total. The quantitative estimate of drug-likeness (QED) is 0.549. The fourth-order valence-electron chi connectivity index (χ4n) is 1.97. The van der Waals surface area contributed by atoms with E-state index in [1.165, 1.54) is 0 Å². The van der Waals surface area contributed by atoms with Crippen molar-refractivity contribution in [2.24, 2.45) is 0 Å². The van der Waals surface area contributed by atoms with Crippen molar-refractivity contribution in [3.8, 4) is 0 Å². The molecule has 1 rings (SSSR count). The van der Waals surface area contributed by atoms with Gasteiger partial charge >= 0.3 is 0 Å². The minimum atomic E-state index is -0.745. The van der Waals surface area contributed by atoms with Crippen LogP contribution in [-0.2, 0) is 19.0 Å². The highest BCUT2D eigenvalue weighted by Gasteiger charge is 2.35. The molecular weight excluding hydrogens is 300 g/mol. The Bertz CT molecular complexity index is 331. The minimum absolute atomic E-state index is 0.0301. The third-order valence-electron chi connectivity index (χ3n) is 3.36. The second-order valence-electron chi connectivity index (χ2n) is 5.95. The zero-order chi connectivity index (χ0) is 17.8. The van der Waals surface area contributed by atoms with Gasteiger partial charge in [-0.3, -0.25) is 4.79 Å². The van der Waals surface area contributed by atoms with Crippen molar-refractivity contribution in [3.63, 3.8) is 0 Å². The van der Waals surface area contributed by atoms with Gasteiger partial charge < -0.3 is 24.4 Å². The molecule has 1 fully saturated rings. The van der Waals surface area contributed by atoms with Crippen LogP contribution in [0, 0.1) is 0 Å². The van der Waals surface area contributed by atoms with Gasteiger partial charge in [0.1, 0.15) is 6.10 Å². The summed E-state index contributed by atoms with van der Waals surface area (Å²) in [5.41, 5.74) is 0. The molecule has 0 bridgehead atoms. The molecule has 1 saturated heterocycles. The number of carbonyl (C=O) groups excluding carboxylic acids is 1. The molecule has 0 aromatic heterocycles. The molecule has 0 spiro atoms. The van der Waals surface area contributed by atoms with Gasteiger partial charge in [-0.05, 0) is 47.5 Å². The molecule has 6 nitrogen and oxygen atoms in total. The monoisotopic (exact) mass is 332 g/mol. The molecule has 2 unspecified atom stereocenters. The first-order valence-electron chi connectivity index (χ1n) is 8.19. The Balaban J connectivity index is 0.000000688. The third kappa shape index (κ3) is 10.4. The molecule has 0 aromatic rings. The first kappa shape index (κ1) is 22.1. The van der Waals surface area contributed by atoms with Gasteiger partial charge in [0.2, 0.25) is 0 Å².